The number of nitrogens with one attached hydrogen (secondary N) is 1. The molecule has 0 bridgehead atoms. The van der Waals surface area contributed by atoms with Gasteiger partial charge in [-0.25, -0.2) is 4.98 Å². The number of hydrogen-bond acceptors (Lipinski definition) is 4. The summed E-state index contributed by atoms with van der Waals surface area (Å²) in [5.41, 5.74) is 13.1. The molecule has 110 valence electrons. The molecule has 1 aromatic carbocycles. The maximum Gasteiger partial charge on any atom is 0.267 e. The molecule has 1 unspecified atom stereocenters. The average molecular weight is 284 g/mol. The summed E-state index contributed by atoms with van der Waals surface area (Å²) in [4.78, 5) is 15.3. The van der Waals surface area contributed by atoms with Gasteiger partial charge in [0, 0.05) is 6.04 Å². The van der Waals surface area contributed by atoms with Crippen LogP contribution in [-0.4, -0.2) is 16.9 Å². The van der Waals surface area contributed by atoms with Crippen molar-refractivity contribution in [1.29, 1.82) is 0 Å². The molecule has 21 heavy (non-hydrogen) atoms. The van der Waals surface area contributed by atoms with Gasteiger partial charge in [0.15, 0.2) is 0 Å². The number of aromatic nitrogens is 1. The number of pyridine rings is 1. The van der Waals surface area contributed by atoms with E-state index in [1.807, 2.05) is 18.2 Å². The van der Waals surface area contributed by atoms with Gasteiger partial charge in [0.25, 0.3) is 5.91 Å². The molecule has 1 atom stereocenters. The van der Waals surface area contributed by atoms with Crippen LogP contribution in [-0.2, 0) is 6.42 Å². The van der Waals surface area contributed by atoms with Crippen LogP contribution in [0.1, 0.15) is 29.4 Å². The standard InChI is InChI=1S/C16H20N4O/c1-11(7-8-12-5-3-2-4-6-12)19-16-13(17)9-10-14(20-16)15(18)21/h2-6,9-11H,7-8,17H2,1H3,(H2,18,21)(H,19,20). The molecule has 0 saturated carbocycles. The summed E-state index contributed by atoms with van der Waals surface area (Å²) in [6.45, 7) is 2.06. The molecule has 0 aliphatic rings. The van der Waals surface area contributed by atoms with Gasteiger partial charge in [-0.1, -0.05) is 30.3 Å². The monoisotopic (exact) mass is 284 g/mol. The van der Waals surface area contributed by atoms with E-state index >= 15 is 0 Å². The molecule has 2 aromatic rings. The number of anilines is 2. The molecule has 0 aliphatic carbocycles. The maximum atomic E-state index is 11.2. The lowest BCUT2D eigenvalue weighted by Crippen LogP contribution is -2.20. The third-order valence-corrected chi connectivity index (χ3v) is 3.27. The molecule has 2 rings (SSSR count). The van der Waals surface area contributed by atoms with Gasteiger partial charge >= 0.3 is 0 Å². The zero-order valence-electron chi connectivity index (χ0n) is 12.0. The summed E-state index contributed by atoms with van der Waals surface area (Å²) in [5.74, 6) is -0.0538. The number of rotatable bonds is 6. The van der Waals surface area contributed by atoms with Crippen molar-refractivity contribution < 1.29 is 4.79 Å². The summed E-state index contributed by atoms with van der Waals surface area (Å²) < 4.78 is 0. The zero-order valence-corrected chi connectivity index (χ0v) is 12.0. The highest BCUT2D eigenvalue weighted by atomic mass is 16.1. The molecule has 0 fully saturated rings. The highest BCUT2D eigenvalue weighted by molar-refractivity contribution is 5.91. The molecule has 5 heteroatoms. The Kier molecular flexibility index (Phi) is 4.77. The smallest absolute Gasteiger partial charge is 0.267 e. The van der Waals surface area contributed by atoms with Gasteiger partial charge in [-0.15, -0.1) is 0 Å². The predicted octanol–water partition coefficient (Wildman–Crippen LogP) is 2.20. The Labute approximate surface area is 124 Å². The van der Waals surface area contributed by atoms with Gasteiger partial charge in [0.05, 0.1) is 5.69 Å². The van der Waals surface area contributed by atoms with E-state index in [1.165, 1.54) is 11.6 Å². The Morgan fingerprint density at radius 2 is 1.95 bits per heavy atom. The molecule has 1 heterocycles. The van der Waals surface area contributed by atoms with Crippen LogP contribution in [0.15, 0.2) is 42.5 Å². The Balaban J connectivity index is 1.97. The third kappa shape index (κ3) is 4.21. The van der Waals surface area contributed by atoms with Crippen LogP contribution in [0.2, 0.25) is 0 Å². The first-order valence-corrected chi connectivity index (χ1v) is 6.93. The third-order valence-electron chi connectivity index (χ3n) is 3.27. The van der Waals surface area contributed by atoms with Crippen molar-refractivity contribution in [3.63, 3.8) is 0 Å². The molecule has 0 saturated heterocycles. The number of aryl methyl sites for hydroxylation is 1. The highest BCUT2D eigenvalue weighted by Gasteiger charge is 2.10. The van der Waals surface area contributed by atoms with Gasteiger partial charge in [0.2, 0.25) is 0 Å². The van der Waals surface area contributed by atoms with Crippen LogP contribution in [0.3, 0.4) is 0 Å². The summed E-state index contributed by atoms with van der Waals surface area (Å²) in [6.07, 6.45) is 1.90. The maximum absolute atomic E-state index is 11.2. The molecule has 0 aliphatic heterocycles. The van der Waals surface area contributed by atoms with Gasteiger partial charge in [-0.2, -0.15) is 0 Å². The minimum atomic E-state index is -0.560. The van der Waals surface area contributed by atoms with E-state index in [1.54, 1.807) is 6.07 Å². The number of nitrogen functional groups attached to an aromatic ring is 1. The van der Waals surface area contributed by atoms with Crippen molar-refractivity contribution >= 4 is 17.4 Å². The lowest BCUT2D eigenvalue weighted by molar-refractivity contribution is 0.0995. The van der Waals surface area contributed by atoms with Crippen LogP contribution in [0.4, 0.5) is 11.5 Å². The predicted molar refractivity (Wildman–Crippen MR) is 85.0 cm³/mol. The van der Waals surface area contributed by atoms with Gasteiger partial charge in [0.1, 0.15) is 11.5 Å². The quantitative estimate of drug-likeness (QED) is 0.758. The summed E-state index contributed by atoms with van der Waals surface area (Å²) in [7, 11) is 0. The number of nitrogens with two attached hydrogens (primary N) is 2. The van der Waals surface area contributed by atoms with E-state index in [2.05, 4.69) is 29.4 Å². The fourth-order valence-corrected chi connectivity index (χ4v) is 2.06. The summed E-state index contributed by atoms with van der Waals surface area (Å²) >= 11 is 0. The number of hydrogen-bond donors (Lipinski definition) is 3. The second-order valence-corrected chi connectivity index (χ2v) is 5.07. The number of primary amides is 1. The molecule has 5 nitrogen and oxygen atoms in total. The van der Waals surface area contributed by atoms with E-state index in [4.69, 9.17) is 11.5 Å². The summed E-state index contributed by atoms with van der Waals surface area (Å²) in [6, 6.07) is 13.6. The van der Waals surface area contributed by atoms with Crippen molar-refractivity contribution in [2.75, 3.05) is 11.1 Å². The minimum absolute atomic E-state index is 0.183. The molecule has 5 N–H and O–H groups in total. The topological polar surface area (TPSA) is 94.0 Å². The van der Waals surface area contributed by atoms with Crippen LogP contribution in [0.25, 0.3) is 0 Å². The van der Waals surface area contributed by atoms with E-state index in [9.17, 15) is 4.79 Å². The number of amides is 1. The van der Waals surface area contributed by atoms with E-state index in [-0.39, 0.29) is 11.7 Å². The van der Waals surface area contributed by atoms with Gasteiger partial charge in [-0.3, -0.25) is 4.79 Å². The zero-order chi connectivity index (χ0) is 15.2. The van der Waals surface area contributed by atoms with E-state index in [0.29, 0.717) is 11.5 Å². The van der Waals surface area contributed by atoms with Crippen molar-refractivity contribution in [1.82, 2.24) is 4.98 Å². The lowest BCUT2D eigenvalue weighted by Gasteiger charge is -2.16. The fraction of sp³-hybridized carbons (Fsp3) is 0.250. The molecule has 1 amide bonds. The molecular weight excluding hydrogens is 264 g/mol. The Bertz CT molecular complexity index is 613. The Morgan fingerprint density at radius 1 is 1.24 bits per heavy atom. The van der Waals surface area contributed by atoms with Crippen molar-refractivity contribution in [3.05, 3.63) is 53.7 Å². The largest absolute Gasteiger partial charge is 0.396 e. The van der Waals surface area contributed by atoms with Crippen LogP contribution in [0, 0.1) is 0 Å². The number of nitrogens with zero attached hydrogens (tertiary/aromatic N) is 1. The number of carbonyl (C=O) groups excluding carboxylic acids is 1. The second kappa shape index (κ2) is 6.74. The molecular formula is C16H20N4O. The normalized spacial score (nSPS) is 11.9. The van der Waals surface area contributed by atoms with Crippen molar-refractivity contribution in [3.8, 4) is 0 Å². The van der Waals surface area contributed by atoms with Crippen LogP contribution >= 0.6 is 0 Å². The van der Waals surface area contributed by atoms with E-state index < -0.39 is 5.91 Å². The van der Waals surface area contributed by atoms with Crippen molar-refractivity contribution in [2.45, 2.75) is 25.8 Å². The molecule has 0 spiro atoms. The highest BCUT2D eigenvalue weighted by Crippen LogP contribution is 2.18. The molecule has 1 aromatic heterocycles. The van der Waals surface area contributed by atoms with Crippen LogP contribution < -0.4 is 16.8 Å². The summed E-state index contributed by atoms with van der Waals surface area (Å²) in [5, 5.41) is 3.23. The lowest BCUT2D eigenvalue weighted by atomic mass is 10.1. The first kappa shape index (κ1) is 14.8. The first-order chi connectivity index (χ1) is 10.1. The minimum Gasteiger partial charge on any atom is -0.396 e. The Hall–Kier alpha value is -2.56. The number of benzene rings is 1. The number of carbonyl (C=O) groups is 1. The Morgan fingerprint density at radius 3 is 2.62 bits per heavy atom. The van der Waals surface area contributed by atoms with E-state index in [0.717, 1.165) is 12.8 Å². The SMILES string of the molecule is CC(CCc1ccccc1)Nc1nc(C(N)=O)ccc1N. The van der Waals surface area contributed by atoms with Crippen LogP contribution in [0.5, 0.6) is 0 Å². The second-order valence-electron chi connectivity index (χ2n) is 5.07. The average Bonchev–Trinajstić information content (AvgIpc) is 2.48. The first-order valence-electron chi connectivity index (χ1n) is 6.93. The van der Waals surface area contributed by atoms with Gasteiger partial charge in [-0.05, 0) is 37.5 Å². The fourth-order valence-electron chi connectivity index (χ4n) is 2.06. The van der Waals surface area contributed by atoms with Gasteiger partial charge < -0.3 is 16.8 Å². The van der Waals surface area contributed by atoms with Crippen molar-refractivity contribution in [2.24, 2.45) is 5.73 Å². The molecule has 0 radical (unpaired) electrons.